The van der Waals surface area contributed by atoms with Gasteiger partial charge in [-0.25, -0.2) is 0 Å². The Morgan fingerprint density at radius 2 is 1.54 bits per heavy atom. The van der Waals surface area contributed by atoms with Crippen LogP contribution in [0.25, 0.3) is 0 Å². The first kappa shape index (κ1) is 10.2. The van der Waals surface area contributed by atoms with Gasteiger partial charge in [-0.05, 0) is 17.0 Å². The molecule has 1 rings (SSSR count). The van der Waals surface area contributed by atoms with E-state index in [4.69, 9.17) is 16.7 Å². The minimum atomic E-state index is -0.182. The van der Waals surface area contributed by atoms with Crippen LogP contribution in [0.15, 0.2) is 12.1 Å². The average molecular weight is 201 g/mol. The van der Waals surface area contributed by atoms with Crippen LogP contribution in [-0.4, -0.2) is 10.2 Å². The van der Waals surface area contributed by atoms with Crippen LogP contribution in [0.2, 0.25) is 5.02 Å². The Balaban J connectivity index is 3.32. The van der Waals surface area contributed by atoms with Gasteiger partial charge < -0.3 is 10.2 Å². The van der Waals surface area contributed by atoms with Gasteiger partial charge in [-0.2, -0.15) is 0 Å². The normalized spacial score (nSPS) is 11.7. The highest BCUT2D eigenvalue weighted by Crippen LogP contribution is 2.37. The highest BCUT2D eigenvalue weighted by Gasteiger charge is 2.19. The molecule has 0 heterocycles. The third kappa shape index (κ3) is 2.07. The van der Waals surface area contributed by atoms with Crippen molar-refractivity contribution in [3.8, 4) is 11.5 Å². The Hall–Kier alpha value is -0.890. The molecule has 0 unspecified atom stereocenters. The van der Waals surface area contributed by atoms with Crippen LogP contribution in [0, 0.1) is 0 Å². The first-order valence-corrected chi connectivity index (χ1v) is 4.42. The summed E-state index contributed by atoms with van der Waals surface area (Å²) in [5, 5.41) is 18.9. The molecular weight excluding hydrogens is 188 g/mol. The smallest absolute Gasteiger partial charge is 0.158 e. The zero-order valence-electron chi connectivity index (χ0n) is 7.93. The Morgan fingerprint density at radius 1 is 1.08 bits per heavy atom. The van der Waals surface area contributed by atoms with E-state index in [1.54, 1.807) is 0 Å². The van der Waals surface area contributed by atoms with E-state index in [9.17, 15) is 5.11 Å². The van der Waals surface area contributed by atoms with Gasteiger partial charge in [-0.1, -0.05) is 32.4 Å². The number of phenolic OH excluding ortho intramolecular Hbond substituents is 2. The second-order valence-corrected chi connectivity index (χ2v) is 4.48. The van der Waals surface area contributed by atoms with Crippen LogP contribution in [-0.2, 0) is 5.41 Å². The Labute approximate surface area is 82.8 Å². The summed E-state index contributed by atoms with van der Waals surface area (Å²) < 4.78 is 0. The monoisotopic (exact) mass is 200 g/mol. The summed E-state index contributed by atoms with van der Waals surface area (Å²) in [6.45, 7) is 5.97. The van der Waals surface area contributed by atoms with E-state index in [1.165, 1.54) is 12.1 Å². The molecular formula is C10H13ClO2. The van der Waals surface area contributed by atoms with Crippen LogP contribution in [0.5, 0.6) is 11.5 Å². The molecule has 2 N–H and O–H groups in total. The van der Waals surface area contributed by atoms with Crippen LogP contribution in [0.1, 0.15) is 26.3 Å². The van der Waals surface area contributed by atoms with Crippen molar-refractivity contribution in [1.29, 1.82) is 0 Å². The molecule has 0 saturated heterocycles. The van der Waals surface area contributed by atoms with Gasteiger partial charge in [0, 0.05) is 11.1 Å². The second-order valence-electron chi connectivity index (χ2n) is 4.07. The fourth-order valence-corrected chi connectivity index (χ4v) is 1.57. The van der Waals surface area contributed by atoms with Crippen molar-refractivity contribution in [2.75, 3.05) is 0 Å². The van der Waals surface area contributed by atoms with Gasteiger partial charge in [-0.3, -0.25) is 0 Å². The van der Waals surface area contributed by atoms with Gasteiger partial charge in [0.15, 0.2) is 11.5 Å². The van der Waals surface area contributed by atoms with Crippen molar-refractivity contribution >= 4 is 11.6 Å². The molecule has 1 aromatic rings. The molecule has 13 heavy (non-hydrogen) atoms. The largest absolute Gasteiger partial charge is 0.504 e. The lowest BCUT2D eigenvalue weighted by Crippen LogP contribution is -2.11. The van der Waals surface area contributed by atoms with Crippen LogP contribution < -0.4 is 0 Å². The minimum absolute atomic E-state index is 0.130. The summed E-state index contributed by atoms with van der Waals surface area (Å²) in [7, 11) is 0. The van der Waals surface area contributed by atoms with E-state index in [0.717, 1.165) is 5.56 Å². The van der Waals surface area contributed by atoms with Crippen LogP contribution >= 0.6 is 11.6 Å². The number of hydrogen-bond acceptors (Lipinski definition) is 2. The van der Waals surface area contributed by atoms with Crippen LogP contribution in [0.3, 0.4) is 0 Å². The standard InChI is InChI=1S/C10H13ClO2/c1-10(2,3)6-4-8(12)9(13)5-7(6)11/h4-5,12-13H,1-3H3. The van der Waals surface area contributed by atoms with Crippen molar-refractivity contribution in [3.05, 3.63) is 22.7 Å². The Bertz CT molecular complexity index is 326. The maximum Gasteiger partial charge on any atom is 0.158 e. The molecule has 0 fully saturated rings. The van der Waals surface area contributed by atoms with E-state index in [1.807, 2.05) is 20.8 Å². The topological polar surface area (TPSA) is 40.5 Å². The SMILES string of the molecule is CC(C)(C)c1cc(O)c(O)cc1Cl. The third-order valence-corrected chi connectivity index (χ3v) is 2.18. The lowest BCUT2D eigenvalue weighted by atomic mass is 9.87. The zero-order chi connectivity index (χ0) is 10.2. The second kappa shape index (κ2) is 3.11. The van der Waals surface area contributed by atoms with Crippen LogP contribution in [0.4, 0.5) is 0 Å². The predicted octanol–water partition coefficient (Wildman–Crippen LogP) is 3.05. The summed E-state index contributed by atoms with van der Waals surface area (Å²) >= 11 is 5.92. The highest BCUT2D eigenvalue weighted by molar-refractivity contribution is 6.31. The fourth-order valence-electron chi connectivity index (χ4n) is 1.13. The Kier molecular flexibility index (Phi) is 2.44. The molecule has 72 valence electrons. The van der Waals surface area contributed by atoms with Crippen molar-refractivity contribution < 1.29 is 10.2 Å². The molecule has 0 aliphatic heterocycles. The predicted molar refractivity (Wildman–Crippen MR) is 53.5 cm³/mol. The summed E-state index contributed by atoms with van der Waals surface area (Å²) in [5.74, 6) is -0.313. The molecule has 0 radical (unpaired) electrons. The fraction of sp³-hybridized carbons (Fsp3) is 0.400. The number of hydrogen-bond donors (Lipinski definition) is 2. The number of rotatable bonds is 0. The van der Waals surface area contributed by atoms with Gasteiger partial charge in [0.05, 0.1) is 0 Å². The molecule has 0 bridgehead atoms. The minimum Gasteiger partial charge on any atom is -0.504 e. The third-order valence-electron chi connectivity index (χ3n) is 1.87. The molecule has 2 nitrogen and oxygen atoms in total. The average Bonchev–Trinajstić information content (AvgIpc) is 1.94. The molecule has 0 aliphatic rings. The first-order valence-electron chi connectivity index (χ1n) is 4.04. The molecule has 0 spiro atoms. The van der Waals surface area contributed by atoms with E-state index >= 15 is 0 Å². The summed E-state index contributed by atoms with van der Waals surface area (Å²) in [4.78, 5) is 0. The number of aromatic hydroxyl groups is 2. The maximum atomic E-state index is 9.28. The molecule has 0 aliphatic carbocycles. The quantitative estimate of drug-likeness (QED) is 0.632. The molecule has 3 heteroatoms. The maximum absolute atomic E-state index is 9.28. The zero-order valence-corrected chi connectivity index (χ0v) is 8.68. The number of phenols is 2. The molecule has 0 atom stereocenters. The number of benzene rings is 1. The van der Waals surface area contributed by atoms with Crippen molar-refractivity contribution in [2.45, 2.75) is 26.2 Å². The van der Waals surface area contributed by atoms with Gasteiger partial charge in [0.2, 0.25) is 0 Å². The van der Waals surface area contributed by atoms with Crippen molar-refractivity contribution in [2.24, 2.45) is 0 Å². The van der Waals surface area contributed by atoms with E-state index in [2.05, 4.69) is 0 Å². The van der Waals surface area contributed by atoms with E-state index in [0.29, 0.717) is 5.02 Å². The molecule has 1 aromatic carbocycles. The van der Waals surface area contributed by atoms with Gasteiger partial charge in [-0.15, -0.1) is 0 Å². The van der Waals surface area contributed by atoms with E-state index < -0.39 is 0 Å². The molecule has 0 saturated carbocycles. The molecule has 0 amide bonds. The van der Waals surface area contributed by atoms with Gasteiger partial charge >= 0.3 is 0 Å². The lowest BCUT2D eigenvalue weighted by molar-refractivity contribution is 0.401. The molecule has 0 aromatic heterocycles. The van der Waals surface area contributed by atoms with Gasteiger partial charge in [0.25, 0.3) is 0 Å². The first-order chi connectivity index (χ1) is 5.82. The summed E-state index contributed by atoms with van der Waals surface area (Å²) in [6.07, 6.45) is 0. The lowest BCUT2D eigenvalue weighted by Gasteiger charge is -2.20. The number of halogens is 1. The van der Waals surface area contributed by atoms with E-state index in [-0.39, 0.29) is 16.9 Å². The van der Waals surface area contributed by atoms with Crippen molar-refractivity contribution in [3.63, 3.8) is 0 Å². The summed E-state index contributed by atoms with van der Waals surface area (Å²) in [6, 6.07) is 2.86. The van der Waals surface area contributed by atoms with Gasteiger partial charge in [0.1, 0.15) is 0 Å². The Morgan fingerprint density at radius 3 is 2.00 bits per heavy atom. The summed E-state index contributed by atoms with van der Waals surface area (Å²) in [5.41, 5.74) is 0.687. The highest BCUT2D eigenvalue weighted by atomic mass is 35.5. The van der Waals surface area contributed by atoms with Crippen molar-refractivity contribution in [1.82, 2.24) is 0 Å².